The number of fused-ring (bicyclic) bond motifs is 1. The molecule has 184 valence electrons. The van der Waals surface area contributed by atoms with E-state index in [4.69, 9.17) is 21.1 Å². The lowest BCUT2D eigenvalue weighted by Gasteiger charge is -2.34. The first kappa shape index (κ1) is 25.9. The van der Waals surface area contributed by atoms with Crippen molar-refractivity contribution in [2.24, 2.45) is 5.92 Å². The molecule has 1 heterocycles. The summed E-state index contributed by atoms with van der Waals surface area (Å²) < 4.78 is 12.0. The molecule has 2 amide bonds. The first-order valence-electron chi connectivity index (χ1n) is 12.1. The minimum absolute atomic E-state index is 0.0108. The molecule has 2 aromatic rings. The third-order valence-electron chi connectivity index (χ3n) is 5.98. The van der Waals surface area contributed by atoms with Gasteiger partial charge in [-0.05, 0) is 68.5 Å². The molecule has 1 aliphatic heterocycles. The van der Waals surface area contributed by atoms with Crippen molar-refractivity contribution in [3.05, 3.63) is 59.1 Å². The predicted molar refractivity (Wildman–Crippen MR) is 135 cm³/mol. The Hall–Kier alpha value is -2.73. The number of carbonyl (C=O) groups excluding carboxylic acids is 2. The average Bonchev–Trinajstić information content (AvgIpc) is 2.82. The van der Waals surface area contributed by atoms with Gasteiger partial charge in [-0.2, -0.15) is 0 Å². The van der Waals surface area contributed by atoms with Crippen molar-refractivity contribution in [1.82, 2.24) is 9.80 Å². The van der Waals surface area contributed by atoms with Gasteiger partial charge < -0.3 is 19.3 Å². The van der Waals surface area contributed by atoms with Crippen LogP contribution in [0.2, 0.25) is 5.02 Å². The van der Waals surface area contributed by atoms with Gasteiger partial charge in [0, 0.05) is 24.7 Å². The molecular formula is C27H35ClN2O4. The zero-order valence-electron chi connectivity index (χ0n) is 20.3. The molecule has 0 aliphatic carbocycles. The van der Waals surface area contributed by atoms with Crippen molar-refractivity contribution in [2.45, 2.75) is 46.1 Å². The third-order valence-corrected chi connectivity index (χ3v) is 6.23. The van der Waals surface area contributed by atoms with E-state index in [2.05, 4.69) is 13.8 Å². The van der Waals surface area contributed by atoms with Crippen LogP contribution in [0, 0.1) is 5.92 Å². The zero-order valence-corrected chi connectivity index (χ0v) is 21.1. The molecule has 0 spiro atoms. The summed E-state index contributed by atoms with van der Waals surface area (Å²) >= 11 is 5.95. The van der Waals surface area contributed by atoms with Crippen molar-refractivity contribution in [3.8, 4) is 11.5 Å². The lowest BCUT2D eigenvalue weighted by atomic mass is 10.0. The largest absolute Gasteiger partial charge is 0.491 e. The van der Waals surface area contributed by atoms with Gasteiger partial charge in [0.2, 0.25) is 0 Å². The van der Waals surface area contributed by atoms with Gasteiger partial charge in [-0.25, -0.2) is 0 Å². The number of para-hydroxylation sites is 1. The van der Waals surface area contributed by atoms with Crippen molar-refractivity contribution >= 4 is 23.4 Å². The fourth-order valence-corrected chi connectivity index (χ4v) is 4.34. The van der Waals surface area contributed by atoms with Gasteiger partial charge in [0.1, 0.15) is 18.1 Å². The molecular weight excluding hydrogens is 452 g/mol. The molecule has 3 rings (SSSR count). The van der Waals surface area contributed by atoms with Crippen molar-refractivity contribution in [1.29, 1.82) is 0 Å². The fraction of sp³-hybridized carbons (Fsp3) is 0.481. The van der Waals surface area contributed by atoms with Crippen molar-refractivity contribution in [3.63, 3.8) is 0 Å². The molecule has 1 aliphatic rings. The first-order chi connectivity index (χ1) is 16.4. The lowest BCUT2D eigenvalue weighted by molar-refractivity contribution is -0.137. The molecule has 6 nitrogen and oxygen atoms in total. The summed E-state index contributed by atoms with van der Waals surface area (Å²) in [6.07, 6.45) is 2.41. The molecule has 34 heavy (non-hydrogen) atoms. The molecule has 0 saturated heterocycles. The van der Waals surface area contributed by atoms with Crippen LogP contribution < -0.4 is 9.47 Å². The number of amides is 2. The van der Waals surface area contributed by atoms with Crippen LogP contribution in [0.25, 0.3) is 0 Å². The van der Waals surface area contributed by atoms with Crippen LogP contribution in [0.4, 0.5) is 0 Å². The van der Waals surface area contributed by atoms with Gasteiger partial charge in [0.15, 0.2) is 6.61 Å². The average molecular weight is 487 g/mol. The number of ether oxygens (including phenoxy) is 2. The van der Waals surface area contributed by atoms with Gasteiger partial charge in [-0.3, -0.25) is 9.59 Å². The van der Waals surface area contributed by atoms with E-state index in [9.17, 15) is 9.59 Å². The topological polar surface area (TPSA) is 59.1 Å². The summed E-state index contributed by atoms with van der Waals surface area (Å²) in [5.41, 5.74) is 0.567. The molecule has 0 N–H and O–H groups in total. The zero-order chi connectivity index (χ0) is 24.5. The predicted octanol–water partition coefficient (Wildman–Crippen LogP) is 5.30. The summed E-state index contributed by atoms with van der Waals surface area (Å²) in [5.74, 6) is 1.46. The minimum atomic E-state index is -0.119. The van der Waals surface area contributed by atoms with Crippen LogP contribution in [-0.4, -0.2) is 60.5 Å². The quantitative estimate of drug-likeness (QED) is 0.556. The summed E-state index contributed by atoms with van der Waals surface area (Å²) in [7, 11) is 0. The highest BCUT2D eigenvalue weighted by Gasteiger charge is 2.27. The van der Waals surface area contributed by atoms with E-state index in [1.54, 1.807) is 24.3 Å². The minimum Gasteiger partial charge on any atom is -0.491 e. The normalized spacial score (nSPS) is 17.4. The molecule has 0 saturated carbocycles. The Bertz CT molecular complexity index is 948. The SMILES string of the molecule is CCN1CCCCN(C(=O)COc2ccc(Cl)cc2)[C@@H](CC(C)C)COc2ccccc2C1=O. The Morgan fingerprint density at radius 2 is 1.82 bits per heavy atom. The molecule has 2 aromatic carbocycles. The monoisotopic (exact) mass is 486 g/mol. The van der Waals surface area contributed by atoms with E-state index >= 15 is 0 Å². The second-order valence-corrected chi connectivity index (χ2v) is 9.45. The number of carbonyl (C=O) groups is 2. The van der Waals surface area contributed by atoms with E-state index in [0.29, 0.717) is 54.2 Å². The highest BCUT2D eigenvalue weighted by molar-refractivity contribution is 6.30. The molecule has 0 fully saturated rings. The number of benzene rings is 2. The van der Waals surface area contributed by atoms with E-state index in [1.165, 1.54) is 0 Å². The van der Waals surface area contributed by atoms with E-state index < -0.39 is 0 Å². The highest BCUT2D eigenvalue weighted by Crippen LogP contribution is 2.24. The smallest absolute Gasteiger partial charge is 0.260 e. The summed E-state index contributed by atoms with van der Waals surface area (Å²) in [6.45, 7) is 8.39. The molecule has 0 bridgehead atoms. The van der Waals surface area contributed by atoms with E-state index in [1.807, 2.05) is 41.0 Å². The lowest BCUT2D eigenvalue weighted by Crippen LogP contribution is -2.47. The van der Waals surface area contributed by atoms with Crippen LogP contribution >= 0.6 is 11.6 Å². The van der Waals surface area contributed by atoms with Crippen LogP contribution in [0.3, 0.4) is 0 Å². The summed E-state index contributed by atoms with van der Waals surface area (Å²) in [4.78, 5) is 30.2. The van der Waals surface area contributed by atoms with E-state index in [0.717, 1.165) is 19.3 Å². The number of hydrogen-bond acceptors (Lipinski definition) is 4. The molecule has 7 heteroatoms. The number of rotatable bonds is 6. The molecule has 0 radical (unpaired) electrons. The Morgan fingerprint density at radius 3 is 2.53 bits per heavy atom. The van der Waals surface area contributed by atoms with Crippen LogP contribution in [0.1, 0.15) is 50.4 Å². The maximum Gasteiger partial charge on any atom is 0.260 e. The van der Waals surface area contributed by atoms with Gasteiger partial charge in [0.25, 0.3) is 11.8 Å². The van der Waals surface area contributed by atoms with Gasteiger partial charge in [0.05, 0.1) is 11.6 Å². The Labute approximate surface area is 207 Å². The van der Waals surface area contributed by atoms with Gasteiger partial charge in [-0.15, -0.1) is 0 Å². The van der Waals surface area contributed by atoms with Gasteiger partial charge in [-0.1, -0.05) is 37.6 Å². The standard InChI is InChI=1S/C27H35ClN2O4/c1-4-29-15-7-8-16-30(26(31)19-33-23-13-11-21(28)12-14-23)22(17-20(2)3)18-34-25-10-6-5-9-24(25)27(29)32/h5-6,9-14,20,22H,4,7-8,15-19H2,1-3H3/t22-/m0/s1. The number of halogens is 1. The van der Waals surface area contributed by atoms with Crippen LogP contribution in [0.15, 0.2) is 48.5 Å². The number of nitrogens with zero attached hydrogens (tertiary/aromatic N) is 2. The molecule has 1 atom stereocenters. The molecule has 0 unspecified atom stereocenters. The van der Waals surface area contributed by atoms with Crippen molar-refractivity contribution < 1.29 is 19.1 Å². The maximum atomic E-state index is 13.3. The molecule has 0 aromatic heterocycles. The number of hydrogen-bond donors (Lipinski definition) is 0. The Morgan fingerprint density at radius 1 is 1.12 bits per heavy atom. The highest BCUT2D eigenvalue weighted by atomic mass is 35.5. The van der Waals surface area contributed by atoms with E-state index in [-0.39, 0.29) is 24.5 Å². The Kier molecular flexibility index (Phi) is 9.63. The summed E-state index contributed by atoms with van der Waals surface area (Å²) in [5, 5.41) is 0.621. The summed E-state index contributed by atoms with van der Waals surface area (Å²) in [6, 6.07) is 14.2. The second kappa shape index (κ2) is 12.7. The van der Waals surface area contributed by atoms with Crippen molar-refractivity contribution in [2.75, 3.05) is 32.8 Å². The van der Waals surface area contributed by atoms with Crippen LogP contribution in [0.5, 0.6) is 11.5 Å². The van der Waals surface area contributed by atoms with Crippen LogP contribution in [-0.2, 0) is 4.79 Å². The van der Waals surface area contributed by atoms with Gasteiger partial charge >= 0.3 is 0 Å². The maximum absolute atomic E-state index is 13.3. The fourth-order valence-electron chi connectivity index (χ4n) is 4.21. The second-order valence-electron chi connectivity index (χ2n) is 9.01. The first-order valence-corrected chi connectivity index (χ1v) is 12.5. The third kappa shape index (κ3) is 7.13. The Balaban J connectivity index is 1.81.